The van der Waals surface area contributed by atoms with Crippen LogP contribution in [0.15, 0.2) is 47.4 Å². The molecule has 100 valence electrons. The molecular formula is C16H19NO2. The van der Waals surface area contributed by atoms with Gasteiger partial charge in [0.25, 0.3) is 5.56 Å². The van der Waals surface area contributed by atoms with E-state index in [2.05, 4.69) is 0 Å². The third-order valence-corrected chi connectivity index (χ3v) is 3.10. The molecule has 2 aromatic rings. The standard InChI is InChI=1S/C16H19NO2/c1-12(2)17-10-9-15(13(3)16(17)18)19-11-14-7-5-4-6-8-14/h4-10,12H,11H2,1-3H3. The molecule has 0 atom stereocenters. The Morgan fingerprint density at radius 3 is 2.47 bits per heavy atom. The molecule has 0 bridgehead atoms. The van der Waals surface area contributed by atoms with Crippen molar-refractivity contribution in [2.45, 2.75) is 33.4 Å². The average molecular weight is 257 g/mol. The Bertz CT molecular complexity index is 600. The molecule has 0 aliphatic rings. The second-order valence-corrected chi connectivity index (χ2v) is 4.89. The van der Waals surface area contributed by atoms with Gasteiger partial charge in [-0.3, -0.25) is 4.79 Å². The number of pyridine rings is 1. The Labute approximate surface area is 113 Å². The Morgan fingerprint density at radius 2 is 1.84 bits per heavy atom. The molecule has 19 heavy (non-hydrogen) atoms. The monoisotopic (exact) mass is 257 g/mol. The van der Waals surface area contributed by atoms with E-state index in [9.17, 15) is 4.79 Å². The fourth-order valence-corrected chi connectivity index (χ4v) is 1.94. The van der Waals surface area contributed by atoms with Crippen molar-refractivity contribution < 1.29 is 4.74 Å². The van der Waals surface area contributed by atoms with Crippen LogP contribution in [0.25, 0.3) is 0 Å². The maximum absolute atomic E-state index is 12.1. The van der Waals surface area contributed by atoms with Gasteiger partial charge < -0.3 is 9.30 Å². The van der Waals surface area contributed by atoms with Crippen LogP contribution in [-0.2, 0) is 6.61 Å². The van der Waals surface area contributed by atoms with Crippen molar-refractivity contribution in [2.24, 2.45) is 0 Å². The Kier molecular flexibility index (Phi) is 4.05. The molecule has 0 amide bonds. The van der Waals surface area contributed by atoms with E-state index in [1.54, 1.807) is 10.8 Å². The summed E-state index contributed by atoms with van der Waals surface area (Å²) in [6, 6.07) is 12.0. The topological polar surface area (TPSA) is 31.2 Å². The van der Waals surface area contributed by atoms with E-state index in [4.69, 9.17) is 4.74 Å². The molecule has 0 fully saturated rings. The van der Waals surface area contributed by atoms with Gasteiger partial charge in [0.05, 0.1) is 5.56 Å². The van der Waals surface area contributed by atoms with Crippen molar-refractivity contribution in [1.29, 1.82) is 0 Å². The maximum atomic E-state index is 12.1. The minimum Gasteiger partial charge on any atom is -0.488 e. The number of aromatic nitrogens is 1. The second-order valence-electron chi connectivity index (χ2n) is 4.89. The van der Waals surface area contributed by atoms with Crippen molar-refractivity contribution in [3.05, 3.63) is 64.1 Å². The van der Waals surface area contributed by atoms with Gasteiger partial charge in [0, 0.05) is 12.2 Å². The van der Waals surface area contributed by atoms with Crippen LogP contribution in [-0.4, -0.2) is 4.57 Å². The summed E-state index contributed by atoms with van der Waals surface area (Å²) < 4.78 is 7.44. The fourth-order valence-electron chi connectivity index (χ4n) is 1.94. The molecule has 1 heterocycles. The SMILES string of the molecule is Cc1c(OCc2ccccc2)ccn(C(C)C)c1=O. The molecule has 0 radical (unpaired) electrons. The highest BCUT2D eigenvalue weighted by Crippen LogP contribution is 2.16. The number of benzene rings is 1. The lowest BCUT2D eigenvalue weighted by atomic mass is 10.2. The first-order valence-corrected chi connectivity index (χ1v) is 6.48. The van der Waals surface area contributed by atoms with E-state index in [0.717, 1.165) is 5.56 Å². The number of hydrogen-bond acceptors (Lipinski definition) is 2. The van der Waals surface area contributed by atoms with Crippen LogP contribution >= 0.6 is 0 Å². The zero-order valence-corrected chi connectivity index (χ0v) is 11.6. The van der Waals surface area contributed by atoms with Crippen molar-refractivity contribution in [1.82, 2.24) is 4.57 Å². The van der Waals surface area contributed by atoms with Gasteiger partial charge in [-0.25, -0.2) is 0 Å². The molecule has 1 aromatic heterocycles. The summed E-state index contributed by atoms with van der Waals surface area (Å²) in [7, 11) is 0. The smallest absolute Gasteiger partial charge is 0.257 e. The lowest BCUT2D eigenvalue weighted by Gasteiger charge is -2.14. The van der Waals surface area contributed by atoms with Gasteiger partial charge in [0.2, 0.25) is 0 Å². The highest BCUT2D eigenvalue weighted by Gasteiger charge is 2.08. The zero-order valence-electron chi connectivity index (χ0n) is 11.6. The minimum atomic E-state index is 0.0144. The van der Waals surface area contributed by atoms with Crippen molar-refractivity contribution in [3.63, 3.8) is 0 Å². The lowest BCUT2D eigenvalue weighted by molar-refractivity contribution is 0.302. The predicted octanol–water partition coefficient (Wildman–Crippen LogP) is 3.32. The van der Waals surface area contributed by atoms with Gasteiger partial charge in [-0.05, 0) is 32.4 Å². The predicted molar refractivity (Wildman–Crippen MR) is 76.6 cm³/mol. The van der Waals surface area contributed by atoms with Crippen LogP contribution in [0.1, 0.15) is 31.0 Å². The summed E-state index contributed by atoms with van der Waals surface area (Å²) in [5.74, 6) is 0.658. The summed E-state index contributed by atoms with van der Waals surface area (Å²) in [6.07, 6.45) is 1.79. The molecule has 0 spiro atoms. The first-order chi connectivity index (χ1) is 9.09. The molecule has 0 aliphatic carbocycles. The third-order valence-electron chi connectivity index (χ3n) is 3.10. The van der Waals surface area contributed by atoms with Crippen LogP contribution in [0, 0.1) is 6.92 Å². The summed E-state index contributed by atoms with van der Waals surface area (Å²) in [5.41, 5.74) is 1.77. The number of ether oxygens (including phenoxy) is 1. The molecule has 0 saturated heterocycles. The van der Waals surface area contributed by atoms with Crippen molar-refractivity contribution >= 4 is 0 Å². The number of hydrogen-bond donors (Lipinski definition) is 0. The van der Waals surface area contributed by atoms with E-state index in [-0.39, 0.29) is 11.6 Å². The number of nitrogens with zero attached hydrogens (tertiary/aromatic N) is 1. The summed E-state index contributed by atoms with van der Waals surface area (Å²) in [4.78, 5) is 12.1. The third kappa shape index (κ3) is 3.05. The van der Waals surface area contributed by atoms with Crippen LogP contribution in [0.3, 0.4) is 0 Å². The zero-order chi connectivity index (χ0) is 13.8. The summed E-state index contributed by atoms with van der Waals surface area (Å²) in [6.45, 7) is 6.27. The second kappa shape index (κ2) is 5.74. The van der Waals surface area contributed by atoms with Crippen LogP contribution in [0.4, 0.5) is 0 Å². The molecule has 0 saturated carbocycles. The van der Waals surface area contributed by atoms with Gasteiger partial charge in [-0.15, -0.1) is 0 Å². The normalized spacial score (nSPS) is 10.7. The highest BCUT2D eigenvalue weighted by molar-refractivity contribution is 5.30. The van der Waals surface area contributed by atoms with Gasteiger partial charge in [0.1, 0.15) is 12.4 Å². The average Bonchev–Trinajstić information content (AvgIpc) is 2.41. The minimum absolute atomic E-state index is 0.0144. The van der Waals surface area contributed by atoms with Gasteiger partial charge in [0.15, 0.2) is 0 Å². The number of rotatable bonds is 4. The van der Waals surface area contributed by atoms with Crippen LogP contribution < -0.4 is 10.3 Å². The summed E-state index contributed by atoms with van der Waals surface area (Å²) in [5, 5.41) is 0. The molecular weight excluding hydrogens is 238 g/mol. The Morgan fingerprint density at radius 1 is 1.16 bits per heavy atom. The molecule has 0 aliphatic heterocycles. The molecule has 1 aromatic carbocycles. The van der Waals surface area contributed by atoms with Crippen LogP contribution in [0.5, 0.6) is 5.75 Å². The first kappa shape index (κ1) is 13.4. The van der Waals surface area contributed by atoms with Gasteiger partial charge in [-0.1, -0.05) is 30.3 Å². The fraction of sp³-hybridized carbons (Fsp3) is 0.312. The van der Waals surface area contributed by atoms with E-state index in [1.165, 1.54) is 0 Å². The Balaban J connectivity index is 2.18. The van der Waals surface area contributed by atoms with Crippen LogP contribution in [0.2, 0.25) is 0 Å². The highest BCUT2D eigenvalue weighted by atomic mass is 16.5. The molecule has 2 rings (SSSR count). The maximum Gasteiger partial charge on any atom is 0.257 e. The van der Waals surface area contributed by atoms with Gasteiger partial charge in [-0.2, -0.15) is 0 Å². The first-order valence-electron chi connectivity index (χ1n) is 6.48. The molecule has 0 unspecified atom stereocenters. The molecule has 0 N–H and O–H groups in total. The van der Waals surface area contributed by atoms with E-state index < -0.39 is 0 Å². The lowest BCUT2D eigenvalue weighted by Crippen LogP contribution is -2.23. The van der Waals surface area contributed by atoms with E-state index in [0.29, 0.717) is 17.9 Å². The van der Waals surface area contributed by atoms with Crippen molar-refractivity contribution in [2.75, 3.05) is 0 Å². The molecule has 3 heteroatoms. The molecule has 3 nitrogen and oxygen atoms in total. The summed E-state index contributed by atoms with van der Waals surface area (Å²) >= 11 is 0. The van der Waals surface area contributed by atoms with Crippen molar-refractivity contribution in [3.8, 4) is 5.75 Å². The Hall–Kier alpha value is -2.03. The van der Waals surface area contributed by atoms with E-state index >= 15 is 0 Å². The largest absolute Gasteiger partial charge is 0.488 e. The van der Waals surface area contributed by atoms with E-state index in [1.807, 2.05) is 57.2 Å². The van der Waals surface area contributed by atoms with Gasteiger partial charge >= 0.3 is 0 Å². The quantitative estimate of drug-likeness (QED) is 0.841.